The molecule has 0 aromatic heterocycles. The van der Waals surface area contributed by atoms with Gasteiger partial charge in [0.05, 0.1) is 12.1 Å². The minimum atomic E-state index is -5.20. The Hall–Kier alpha value is -3.84. The molecule has 1 saturated heterocycles. The molecule has 8 atom stereocenters. The van der Waals surface area contributed by atoms with Crippen LogP contribution in [-0.2, 0) is 37.9 Å². The van der Waals surface area contributed by atoms with E-state index in [0.29, 0.717) is 12.8 Å². The molecular formula is C33H62N9O11P. The van der Waals surface area contributed by atoms with Crippen LogP contribution in [0.5, 0.6) is 0 Å². The zero-order valence-corrected chi connectivity index (χ0v) is 33.2. The van der Waals surface area contributed by atoms with Gasteiger partial charge in [0, 0.05) is 13.1 Å². The molecule has 0 radical (unpaired) electrons. The zero-order chi connectivity index (χ0) is 41.5. The molecule has 0 unspecified atom stereocenters. The van der Waals surface area contributed by atoms with Crippen LogP contribution in [0, 0.1) is 17.8 Å². The SMILES string of the molecule is CC[C@H](C)[C@H](N)C(=O)N[C@@H](CC(C)C)C(=O)N[C@H](C(=O)N[C@@H](CC(C)C)C(=O)N1CCC[C@H]1C(=O)N[C@@H](CCCN=C(N)N)C(=O)O)[C@@H](C)OP(=O)(O)O. The van der Waals surface area contributed by atoms with Crippen LogP contribution >= 0.6 is 7.82 Å². The number of aliphatic carboxylic acids is 1. The Bertz CT molecular complexity index is 1370. The number of likely N-dealkylation sites (tertiary alicyclic amines) is 1. The van der Waals surface area contributed by atoms with Crippen LogP contribution in [-0.4, -0.2) is 117 Å². The van der Waals surface area contributed by atoms with Crippen LogP contribution in [0.15, 0.2) is 4.99 Å². The molecule has 0 saturated carbocycles. The van der Waals surface area contributed by atoms with Gasteiger partial charge >= 0.3 is 13.8 Å². The van der Waals surface area contributed by atoms with Gasteiger partial charge in [0.25, 0.3) is 0 Å². The van der Waals surface area contributed by atoms with E-state index in [1.54, 1.807) is 34.6 Å². The molecule has 0 aliphatic carbocycles. The summed E-state index contributed by atoms with van der Waals surface area (Å²) in [5.41, 5.74) is 16.7. The number of carbonyl (C=O) groups is 6. The predicted molar refractivity (Wildman–Crippen MR) is 199 cm³/mol. The van der Waals surface area contributed by atoms with Crippen molar-refractivity contribution >= 4 is 49.3 Å². The van der Waals surface area contributed by atoms with E-state index < -0.39 is 85.7 Å². The van der Waals surface area contributed by atoms with Crippen molar-refractivity contribution < 1.29 is 52.7 Å². The molecule has 54 heavy (non-hydrogen) atoms. The van der Waals surface area contributed by atoms with Gasteiger partial charge in [0.15, 0.2) is 5.96 Å². The number of carbonyl (C=O) groups excluding carboxylic acids is 5. The molecule has 13 N–H and O–H groups in total. The number of hydrogen-bond acceptors (Lipinski definition) is 10. The second-order valence-corrected chi connectivity index (χ2v) is 15.8. The average Bonchev–Trinajstić information content (AvgIpc) is 3.55. The molecule has 5 amide bonds. The Morgan fingerprint density at radius 3 is 1.96 bits per heavy atom. The Kier molecular flexibility index (Phi) is 20.1. The first-order valence-electron chi connectivity index (χ1n) is 18.3. The van der Waals surface area contributed by atoms with Crippen LogP contribution in [0.25, 0.3) is 0 Å². The van der Waals surface area contributed by atoms with Crippen molar-refractivity contribution in [2.75, 3.05) is 13.1 Å². The lowest BCUT2D eigenvalue weighted by Gasteiger charge is -2.32. The number of guanidine groups is 1. The highest BCUT2D eigenvalue weighted by Gasteiger charge is 2.41. The molecule has 310 valence electrons. The quantitative estimate of drug-likeness (QED) is 0.0257. The summed E-state index contributed by atoms with van der Waals surface area (Å²) in [6.45, 7) is 12.2. The molecule has 0 bridgehead atoms. The summed E-state index contributed by atoms with van der Waals surface area (Å²) in [5.74, 6) is -5.81. The van der Waals surface area contributed by atoms with Crippen molar-refractivity contribution in [3.05, 3.63) is 0 Å². The normalized spacial score (nSPS) is 18.4. The smallest absolute Gasteiger partial charge is 0.469 e. The van der Waals surface area contributed by atoms with Gasteiger partial charge in [-0.1, -0.05) is 48.0 Å². The standard InChI is InChI=1S/C33H62N9O11P/c1-8-19(6)25(34)29(45)39-22(15-17(2)3)27(43)41-26(20(7)53-54(50,51)52)30(46)40-23(16-18(4)5)31(47)42-14-10-12-24(42)28(44)38-21(32(48)49)11-9-13-37-33(35)36/h17-26H,8-16,34H2,1-7H3,(H,38,44)(H,39,45)(H,40,46)(H,41,43)(H,48,49)(H4,35,36,37)(H2,50,51,52)/t19-,20+,21-,22-,23-,24-,25-,26-/m0/s1. The fourth-order valence-electron chi connectivity index (χ4n) is 5.90. The van der Waals surface area contributed by atoms with Crippen molar-refractivity contribution in [2.45, 2.75) is 136 Å². The van der Waals surface area contributed by atoms with E-state index in [-0.39, 0.29) is 68.9 Å². The van der Waals surface area contributed by atoms with Gasteiger partial charge in [0.1, 0.15) is 30.2 Å². The third-order valence-corrected chi connectivity index (χ3v) is 9.58. The van der Waals surface area contributed by atoms with Crippen molar-refractivity contribution in [1.82, 2.24) is 26.2 Å². The average molecular weight is 792 g/mol. The molecule has 0 aromatic carbocycles. The minimum Gasteiger partial charge on any atom is -0.480 e. The lowest BCUT2D eigenvalue weighted by atomic mass is 9.97. The zero-order valence-electron chi connectivity index (χ0n) is 32.3. The summed E-state index contributed by atoms with van der Waals surface area (Å²) < 4.78 is 16.6. The molecular weight excluding hydrogens is 729 g/mol. The molecule has 0 spiro atoms. The van der Waals surface area contributed by atoms with Crippen LogP contribution < -0.4 is 38.5 Å². The molecule has 1 aliphatic heterocycles. The Morgan fingerprint density at radius 1 is 0.870 bits per heavy atom. The predicted octanol–water partition coefficient (Wildman–Crippen LogP) is -0.982. The van der Waals surface area contributed by atoms with E-state index in [4.69, 9.17) is 21.7 Å². The van der Waals surface area contributed by atoms with Gasteiger partial charge in [0.2, 0.25) is 29.5 Å². The van der Waals surface area contributed by atoms with Gasteiger partial charge in [-0.2, -0.15) is 0 Å². The number of carboxylic acids is 1. The third-order valence-electron chi connectivity index (χ3n) is 8.97. The van der Waals surface area contributed by atoms with Gasteiger partial charge in [-0.15, -0.1) is 0 Å². The van der Waals surface area contributed by atoms with Crippen LogP contribution in [0.3, 0.4) is 0 Å². The van der Waals surface area contributed by atoms with E-state index in [1.165, 1.54) is 4.90 Å². The maximum atomic E-state index is 14.0. The monoisotopic (exact) mass is 791 g/mol. The molecule has 0 aromatic rings. The second kappa shape index (κ2) is 22.5. The number of nitrogens with zero attached hydrogens (tertiary/aromatic N) is 2. The van der Waals surface area contributed by atoms with E-state index in [9.17, 15) is 48.2 Å². The summed E-state index contributed by atoms with van der Waals surface area (Å²) in [5, 5.41) is 19.8. The van der Waals surface area contributed by atoms with E-state index in [0.717, 1.165) is 6.92 Å². The van der Waals surface area contributed by atoms with Crippen LogP contribution in [0.1, 0.15) is 93.4 Å². The maximum absolute atomic E-state index is 14.0. The van der Waals surface area contributed by atoms with E-state index >= 15 is 0 Å². The van der Waals surface area contributed by atoms with Gasteiger partial charge in [-0.3, -0.25) is 33.5 Å². The third kappa shape index (κ3) is 16.7. The van der Waals surface area contributed by atoms with Crippen molar-refractivity contribution in [3.8, 4) is 0 Å². The minimum absolute atomic E-state index is 0.0128. The molecule has 1 rings (SSSR count). The first-order chi connectivity index (χ1) is 25.0. The molecule has 21 heteroatoms. The Balaban J connectivity index is 3.35. The van der Waals surface area contributed by atoms with Crippen LogP contribution in [0.4, 0.5) is 0 Å². The number of phosphoric acid groups is 1. The highest BCUT2D eigenvalue weighted by Crippen LogP contribution is 2.38. The second-order valence-electron chi connectivity index (χ2n) is 14.6. The summed E-state index contributed by atoms with van der Waals surface area (Å²) >= 11 is 0. The summed E-state index contributed by atoms with van der Waals surface area (Å²) in [4.78, 5) is 104. The summed E-state index contributed by atoms with van der Waals surface area (Å²) in [6.07, 6.45) is 0.0398. The molecule has 1 fully saturated rings. The number of carboxylic acid groups (broad SMARTS) is 1. The van der Waals surface area contributed by atoms with Crippen molar-refractivity contribution in [1.29, 1.82) is 0 Å². The summed E-state index contributed by atoms with van der Waals surface area (Å²) in [6, 6.07) is -7.51. The Morgan fingerprint density at radius 2 is 1.44 bits per heavy atom. The number of hydrogen-bond donors (Lipinski definition) is 10. The van der Waals surface area contributed by atoms with Gasteiger partial charge in [-0.25, -0.2) is 9.36 Å². The lowest BCUT2D eigenvalue weighted by molar-refractivity contribution is -0.145. The number of phosphoric ester groups is 1. The highest BCUT2D eigenvalue weighted by atomic mass is 31.2. The number of aliphatic imine (C=N–C) groups is 1. The summed E-state index contributed by atoms with van der Waals surface area (Å²) in [7, 11) is -5.20. The van der Waals surface area contributed by atoms with E-state index in [2.05, 4.69) is 26.3 Å². The number of rotatable bonds is 23. The molecule has 1 aliphatic rings. The van der Waals surface area contributed by atoms with Gasteiger partial charge in [-0.05, 0) is 63.2 Å². The number of amides is 5. The number of nitrogens with two attached hydrogens (primary N) is 3. The first kappa shape index (κ1) is 48.2. The van der Waals surface area contributed by atoms with E-state index in [1.807, 2.05) is 6.92 Å². The van der Waals surface area contributed by atoms with Crippen LogP contribution in [0.2, 0.25) is 0 Å². The highest BCUT2D eigenvalue weighted by molar-refractivity contribution is 7.46. The first-order valence-corrected chi connectivity index (χ1v) is 19.8. The fourth-order valence-corrected chi connectivity index (χ4v) is 6.45. The molecule has 1 heterocycles. The van der Waals surface area contributed by atoms with Crippen molar-refractivity contribution in [3.63, 3.8) is 0 Å². The largest absolute Gasteiger partial charge is 0.480 e. The Labute approximate surface area is 316 Å². The molecule has 20 nitrogen and oxygen atoms in total. The van der Waals surface area contributed by atoms with Gasteiger partial charge < -0.3 is 58.3 Å². The maximum Gasteiger partial charge on any atom is 0.469 e. The lowest BCUT2D eigenvalue weighted by Crippen LogP contribution is -2.61. The topological polar surface area (TPSA) is 331 Å². The fraction of sp³-hybridized carbons (Fsp3) is 0.788. The number of nitrogens with one attached hydrogen (secondary N) is 4. The van der Waals surface area contributed by atoms with Crippen molar-refractivity contribution in [2.24, 2.45) is 39.9 Å².